The van der Waals surface area contributed by atoms with Gasteiger partial charge in [0.05, 0.1) is 11.1 Å². The molecule has 2 amide bonds. The van der Waals surface area contributed by atoms with E-state index in [0.717, 1.165) is 23.3 Å². The van der Waals surface area contributed by atoms with Crippen molar-refractivity contribution in [3.05, 3.63) is 69.7 Å². The van der Waals surface area contributed by atoms with E-state index >= 15 is 0 Å². The van der Waals surface area contributed by atoms with Gasteiger partial charge in [-0.15, -0.1) is 0 Å². The third kappa shape index (κ3) is 8.92. The molecule has 0 aromatic heterocycles. The summed E-state index contributed by atoms with van der Waals surface area (Å²) in [7, 11) is 1.32. The predicted octanol–water partition coefficient (Wildman–Crippen LogP) is 7.49. The minimum atomic E-state index is -5.08. The zero-order valence-electron chi connectivity index (χ0n) is 21.4. The molecule has 2 rings (SSSR count). The van der Waals surface area contributed by atoms with Crippen molar-refractivity contribution in [3.63, 3.8) is 0 Å². The van der Waals surface area contributed by atoms with Crippen molar-refractivity contribution in [3.8, 4) is 0 Å². The van der Waals surface area contributed by atoms with Gasteiger partial charge in [0, 0.05) is 43.2 Å². The first-order chi connectivity index (χ1) is 17.7. The van der Waals surface area contributed by atoms with E-state index in [2.05, 4.69) is 0 Å². The lowest BCUT2D eigenvalue weighted by Crippen LogP contribution is -2.40. The summed E-state index contributed by atoms with van der Waals surface area (Å²) in [5.74, 6) is -1.14. The van der Waals surface area contributed by atoms with Crippen molar-refractivity contribution in [2.45, 2.75) is 64.3 Å². The van der Waals surface area contributed by atoms with Crippen LogP contribution in [0.25, 0.3) is 0 Å². The fourth-order valence-electron chi connectivity index (χ4n) is 4.12. The summed E-state index contributed by atoms with van der Waals surface area (Å²) in [6, 6.07) is 6.83. The molecule has 11 heteroatoms. The Kier molecular flexibility index (Phi) is 11.1. The molecule has 0 aliphatic carbocycles. The van der Waals surface area contributed by atoms with Gasteiger partial charge < -0.3 is 9.80 Å². The number of likely N-dealkylation sites (N-methyl/N-ethyl adjacent to an activating group) is 1. The van der Waals surface area contributed by atoms with Crippen LogP contribution in [0.15, 0.2) is 42.5 Å². The first kappa shape index (κ1) is 31.5. The first-order valence-electron chi connectivity index (χ1n) is 12.3. The van der Waals surface area contributed by atoms with Gasteiger partial charge in [-0.2, -0.15) is 26.3 Å². The third-order valence-corrected chi connectivity index (χ3v) is 6.37. The summed E-state index contributed by atoms with van der Waals surface area (Å²) in [5, 5.41) is 0.475. The summed E-state index contributed by atoms with van der Waals surface area (Å²) < 4.78 is 80.1. The molecule has 0 radical (unpaired) electrons. The fraction of sp³-hybridized carbons (Fsp3) is 0.481. The highest BCUT2D eigenvalue weighted by Crippen LogP contribution is 2.36. The molecule has 0 saturated heterocycles. The molecule has 38 heavy (non-hydrogen) atoms. The highest BCUT2D eigenvalue weighted by atomic mass is 35.5. The summed E-state index contributed by atoms with van der Waals surface area (Å²) >= 11 is 5.94. The van der Waals surface area contributed by atoms with Crippen molar-refractivity contribution in [1.82, 2.24) is 9.80 Å². The van der Waals surface area contributed by atoms with Crippen LogP contribution in [-0.2, 0) is 23.6 Å². The van der Waals surface area contributed by atoms with Crippen molar-refractivity contribution in [2.75, 3.05) is 20.1 Å². The number of carbonyl (C=O) groups excluding carboxylic acids is 2. The van der Waals surface area contributed by atoms with E-state index in [1.165, 1.54) is 7.05 Å². The topological polar surface area (TPSA) is 40.6 Å². The number of hydrogen-bond acceptors (Lipinski definition) is 2. The monoisotopic (exact) mass is 564 g/mol. The number of alkyl halides is 6. The molecule has 0 spiro atoms. The molecule has 4 nitrogen and oxygen atoms in total. The van der Waals surface area contributed by atoms with E-state index in [0.29, 0.717) is 30.2 Å². The Morgan fingerprint density at radius 3 is 1.82 bits per heavy atom. The van der Waals surface area contributed by atoms with Crippen molar-refractivity contribution in [2.24, 2.45) is 0 Å². The van der Waals surface area contributed by atoms with Crippen LogP contribution in [0.3, 0.4) is 0 Å². The molecule has 0 saturated carbocycles. The maximum Gasteiger partial charge on any atom is 0.416 e. The Hall–Kier alpha value is -2.75. The quantitative estimate of drug-likeness (QED) is 0.265. The number of rotatable bonds is 11. The van der Waals surface area contributed by atoms with Crippen LogP contribution < -0.4 is 0 Å². The second-order valence-electron chi connectivity index (χ2n) is 9.11. The van der Waals surface area contributed by atoms with E-state index in [9.17, 15) is 35.9 Å². The maximum atomic E-state index is 13.3. The van der Waals surface area contributed by atoms with E-state index in [1.54, 1.807) is 29.2 Å². The zero-order chi connectivity index (χ0) is 28.7. The Morgan fingerprint density at radius 2 is 1.37 bits per heavy atom. The zero-order valence-corrected chi connectivity index (χ0v) is 22.2. The Morgan fingerprint density at radius 1 is 0.868 bits per heavy atom. The molecular weight excluding hydrogens is 534 g/mol. The van der Waals surface area contributed by atoms with Gasteiger partial charge in [-0.3, -0.25) is 9.59 Å². The second kappa shape index (κ2) is 13.4. The molecule has 0 heterocycles. The average molecular weight is 565 g/mol. The minimum absolute atomic E-state index is 0.0172. The number of halogens is 7. The molecule has 0 bridgehead atoms. The normalized spacial score (nSPS) is 12.8. The SMILES string of the molecule is CCCN(CCC)C(=O)CCC(Cc1ccc(Cl)cc1)N(C)C(=O)c1cc(C(F)(F)F)cc(C(F)(F)F)c1. The number of benzene rings is 2. The van der Waals surface area contributed by atoms with Gasteiger partial charge in [0.2, 0.25) is 5.91 Å². The van der Waals surface area contributed by atoms with Crippen molar-refractivity contribution in [1.29, 1.82) is 0 Å². The standard InChI is InChI=1S/C27H31ClF6N2O2/c1-4-12-36(13-5-2)24(37)11-10-23(14-18-6-8-22(28)9-7-18)35(3)25(38)19-15-20(26(29,30)31)17-21(16-19)27(32,33)34/h6-9,15-17,23H,4-5,10-14H2,1-3H3. The average Bonchev–Trinajstić information content (AvgIpc) is 2.85. The van der Waals surface area contributed by atoms with Gasteiger partial charge in [0.1, 0.15) is 0 Å². The largest absolute Gasteiger partial charge is 0.416 e. The lowest BCUT2D eigenvalue weighted by Gasteiger charge is -2.30. The summed E-state index contributed by atoms with van der Waals surface area (Å²) in [4.78, 5) is 28.9. The minimum Gasteiger partial charge on any atom is -0.343 e. The smallest absolute Gasteiger partial charge is 0.343 e. The first-order valence-corrected chi connectivity index (χ1v) is 12.6. The van der Waals surface area contributed by atoms with E-state index < -0.39 is 41.0 Å². The Balaban J connectivity index is 2.40. The van der Waals surface area contributed by atoms with Gasteiger partial charge in [-0.25, -0.2) is 0 Å². The Labute approximate surface area is 223 Å². The van der Waals surface area contributed by atoms with Crippen LogP contribution in [-0.4, -0.2) is 47.8 Å². The number of carbonyl (C=O) groups is 2. The van der Waals surface area contributed by atoms with E-state index in [1.807, 2.05) is 13.8 Å². The summed E-state index contributed by atoms with van der Waals surface area (Å²) in [5.41, 5.74) is -3.13. The fourth-order valence-corrected chi connectivity index (χ4v) is 4.25. The molecule has 2 aromatic rings. The molecule has 210 valence electrons. The van der Waals surface area contributed by atoms with Crippen LogP contribution in [0.4, 0.5) is 26.3 Å². The van der Waals surface area contributed by atoms with Crippen LogP contribution >= 0.6 is 11.6 Å². The number of amides is 2. The molecular formula is C27H31ClF6N2O2. The molecule has 1 atom stereocenters. The summed E-state index contributed by atoms with van der Waals surface area (Å²) in [6.45, 7) is 5.01. The van der Waals surface area contributed by atoms with Crippen LogP contribution in [0.2, 0.25) is 5.02 Å². The van der Waals surface area contributed by atoms with Gasteiger partial charge in [0.15, 0.2) is 0 Å². The molecule has 0 fully saturated rings. The van der Waals surface area contributed by atoms with Crippen LogP contribution in [0.1, 0.15) is 66.6 Å². The molecule has 2 aromatic carbocycles. The second-order valence-corrected chi connectivity index (χ2v) is 9.55. The number of hydrogen-bond donors (Lipinski definition) is 0. The van der Waals surface area contributed by atoms with Crippen LogP contribution in [0, 0.1) is 0 Å². The van der Waals surface area contributed by atoms with Gasteiger partial charge in [-0.05, 0) is 61.6 Å². The van der Waals surface area contributed by atoms with Crippen LogP contribution in [0.5, 0.6) is 0 Å². The lowest BCUT2D eigenvalue weighted by atomic mass is 9.98. The highest BCUT2D eigenvalue weighted by molar-refractivity contribution is 6.30. The molecule has 0 aliphatic heterocycles. The molecule has 1 unspecified atom stereocenters. The van der Waals surface area contributed by atoms with E-state index in [-0.39, 0.29) is 31.2 Å². The van der Waals surface area contributed by atoms with Gasteiger partial charge in [-0.1, -0.05) is 37.6 Å². The lowest BCUT2D eigenvalue weighted by molar-refractivity contribution is -0.143. The van der Waals surface area contributed by atoms with Gasteiger partial charge >= 0.3 is 12.4 Å². The Bertz CT molecular complexity index is 1050. The number of nitrogens with zero attached hydrogens (tertiary/aromatic N) is 2. The van der Waals surface area contributed by atoms with E-state index in [4.69, 9.17) is 11.6 Å². The molecule has 0 aliphatic rings. The highest BCUT2D eigenvalue weighted by Gasteiger charge is 2.38. The van der Waals surface area contributed by atoms with Crippen molar-refractivity contribution < 1.29 is 35.9 Å². The summed E-state index contributed by atoms with van der Waals surface area (Å²) in [6.07, 6.45) is -8.19. The predicted molar refractivity (Wildman–Crippen MR) is 134 cm³/mol. The maximum absolute atomic E-state index is 13.3. The molecule has 0 N–H and O–H groups in total. The third-order valence-electron chi connectivity index (χ3n) is 6.12. The van der Waals surface area contributed by atoms with Crippen molar-refractivity contribution >= 4 is 23.4 Å². The van der Waals surface area contributed by atoms with Gasteiger partial charge in [0.25, 0.3) is 5.91 Å².